The van der Waals surface area contributed by atoms with Crippen molar-refractivity contribution in [3.05, 3.63) is 123 Å². The van der Waals surface area contributed by atoms with Gasteiger partial charge in [-0.05, 0) is 0 Å². The molecule has 0 heterocycles. The molecule has 3 aromatic carbocycles. The summed E-state index contributed by atoms with van der Waals surface area (Å²) in [6.45, 7) is 8.99. The van der Waals surface area contributed by atoms with E-state index < -0.39 is 17.8 Å². The zero-order valence-electron chi connectivity index (χ0n) is 19.7. The molecule has 1 aliphatic rings. The van der Waals surface area contributed by atoms with E-state index in [-0.39, 0.29) is 30.2 Å². The summed E-state index contributed by atoms with van der Waals surface area (Å²) in [7, 11) is 0. The molecule has 0 amide bonds. The maximum atomic E-state index is 7.01. The molecule has 0 fully saturated rings. The van der Waals surface area contributed by atoms with Crippen LogP contribution in [0.15, 0.2) is 107 Å². The maximum Gasteiger partial charge on any atom is -0.147 e. The van der Waals surface area contributed by atoms with Crippen LogP contribution in [-0.2, 0) is 23.2 Å². The smallest absolute Gasteiger partial charge is 0.147 e. The molecular formula is C29H32Cl2OTi. The van der Waals surface area contributed by atoms with Crippen LogP contribution >= 0.6 is 24.8 Å². The third-order valence-electron chi connectivity index (χ3n) is 5.71. The Morgan fingerprint density at radius 3 is 1.85 bits per heavy atom. The average Bonchev–Trinajstić information content (AvgIpc) is 3.20. The molecule has 0 unspecified atom stereocenters. The Balaban J connectivity index is 0.00000193. The molecule has 0 aromatic heterocycles. The summed E-state index contributed by atoms with van der Waals surface area (Å²) in [5.41, 5.74) is 5.30. The Morgan fingerprint density at radius 1 is 0.788 bits per heavy atom. The minimum Gasteiger partial charge on any atom is -0.147 e. The first-order valence-corrected chi connectivity index (χ1v) is 13.1. The summed E-state index contributed by atoms with van der Waals surface area (Å²) in [6.07, 6.45) is 5.52. The van der Waals surface area contributed by atoms with Gasteiger partial charge in [0.05, 0.1) is 0 Å². The number of hydrogen-bond donors (Lipinski definition) is 0. The number of allylic oxidation sites excluding steroid dienone is 4. The quantitative estimate of drug-likeness (QED) is 0.311. The second-order valence-electron chi connectivity index (χ2n) is 9.08. The van der Waals surface area contributed by atoms with Gasteiger partial charge in [0.15, 0.2) is 0 Å². The van der Waals surface area contributed by atoms with Crippen LogP contribution in [0.5, 0.6) is 5.75 Å². The third-order valence-corrected chi connectivity index (χ3v) is 9.80. The summed E-state index contributed by atoms with van der Waals surface area (Å²) in [4.78, 5) is 0. The van der Waals surface area contributed by atoms with Crippen LogP contribution in [0, 0.1) is 0 Å². The van der Waals surface area contributed by atoms with Crippen LogP contribution in [0.3, 0.4) is 0 Å². The van der Waals surface area contributed by atoms with Gasteiger partial charge in [-0.1, -0.05) is 0 Å². The molecular weight excluding hydrogens is 483 g/mol. The SMILES string of the molecule is CC1=[C]([Ti]([O]c2cccc(C(C)(C)C)c2)=[C](c2ccccc2)c2ccccc2)CC=C1.Cl.Cl. The summed E-state index contributed by atoms with van der Waals surface area (Å²) < 4.78 is 9.87. The van der Waals surface area contributed by atoms with Gasteiger partial charge in [0.2, 0.25) is 0 Å². The zero-order valence-corrected chi connectivity index (χ0v) is 22.9. The van der Waals surface area contributed by atoms with Crippen molar-refractivity contribution in [1.29, 1.82) is 0 Å². The van der Waals surface area contributed by atoms with Crippen molar-refractivity contribution in [1.82, 2.24) is 0 Å². The first kappa shape index (κ1) is 27.3. The van der Waals surface area contributed by atoms with E-state index in [1.165, 1.54) is 30.0 Å². The molecule has 0 spiro atoms. The van der Waals surface area contributed by atoms with Crippen molar-refractivity contribution >= 4 is 28.6 Å². The van der Waals surface area contributed by atoms with Crippen molar-refractivity contribution in [2.75, 3.05) is 0 Å². The van der Waals surface area contributed by atoms with Gasteiger partial charge < -0.3 is 0 Å². The van der Waals surface area contributed by atoms with Gasteiger partial charge in [0.25, 0.3) is 0 Å². The van der Waals surface area contributed by atoms with Gasteiger partial charge >= 0.3 is 193 Å². The Morgan fingerprint density at radius 2 is 1.36 bits per heavy atom. The van der Waals surface area contributed by atoms with Crippen LogP contribution in [-0.4, -0.2) is 3.81 Å². The summed E-state index contributed by atoms with van der Waals surface area (Å²) in [5, 5.41) is 0. The van der Waals surface area contributed by atoms with Crippen LogP contribution < -0.4 is 3.32 Å². The zero-order chi connectivity index (χ0) is 21.8. The van der Waals surface area contributed by atoms with Crippen molar-refractivity contribution in [3.8, 4) is 5.75 Å². The molecule has 0 saturated carbocycles. The summed E-state index contributed by atoms with van der Waals surface area (Å²) in [6, 6.07) is 30.3. The predicted molar refractivity (Wildman–Crippen MR) is 143 cm³/mol. The van der Waals surface area contributed by atoms with Gasteiger partial charge in [0, 0.05) is 0 Å². The number of hydrogen-bond acceptors (Lipinski definition) is 1. The Bertz CT molecular complexity index is 1120. The standard InChI is InChI=1S/C13H10.C10H14O.C6H7.2ClH.Ti/c1-3-7-12(8-4-1)11-13-9-5-2-6-10-13;1-10(2,3)8-5-4-6-9(11)7-8;1-6-4-2-3-5-6;;;/h1-10H;4-7,11H,1-3H3;2,4H,3H2,1H3;2*1H;/q;;;;;+1/p-1. The molecule has 0 bridgehead atoms. The van der Waals surface area contributed by atoms with E-state index in [1.807, 2.05) is 0 Å². The molecule has 33 heavy (non-hydrogen) atoms. The molecule has 1 aliphatic carbocycles. The molecule has 0 saturated heterocycles. The molecule has 172 valence electrons. The Hall–Kier alpha value is -1.90. The second kappa shape index (κ2) is 12.0. The average molecular weight is 515 g/mol. The first-order valence-electron chi connectivity index (χ1n) is 10.9. The van der Waals surface area contributed by atoms with E-state index in [9.17, 15) is 0 Å². The van der Waals surface area contributed by atoms with Crippen LogP contribution in [0.2, 0.25) is 0 Å². The van der Waals surface area contributed by atoms with E-state index in [0.29, 0.717) is 0 Å². The molecule has 0 aliphatic heterocycles. The summed E-state index contributed by atoms with van der Waals surface area (Å²) >= 11 is -2.34. The number of rotatable bonds is 5. The fourth-order valence-corrected chi connectivity index (χ4v) is 7.82. The largest absolute Gasteiger partial charge is 0.147 e. The monoisotopic (exact) mass is 514 g/mol. The fourth-order valence-electron chi connectivity index (χ4n) is 3.93. The van der Waals surface area contributed by atoms with E-state index in [4.69, 9.17) is 3.32 Å². The predicted octanol–water partition coefficient (Wildman–Crippen LogP) is 8.24. The second-order valence-corrected chi connectivity index (χ2v) is 12.2. The third kappa shape index (κ3) is 6.58. The van der Waals surface area contributed by atoms with Crippen LogP contribution in [0.4, 0.5) is 0 Å². The normalized spacial score (nSPS) is 12.6. The number of benzene rings is 3. The van der Waals surface area contributed by atoms with Gasteiger partial charge in [-0.3, -0.25) is 0 Å². The molecule has 4 rings (SSSR count). The van der Waals surface area contributed by atoms with Gasteiger partial charge in [-0.15, -0.1) is 24.8 Å². The molecule has 0 radical (unpaired) electrons. The van der Waals surface area contributed by atoms with Crippen molar-refractivity contribution in [2.24, 2.45) is 0 Å². The topological polar surface area (TPSA) is 9.23 Å². The van der Waals surface area contributed by atoms with E-state index >= 15 is 0 Å². The fraction of sp³-hybridized carbons (Fsp3) is 0.207. The van der Waals surface area contributed by atoms with Crippen LogP contribution in [0.1, 0.15) is 50.8 Å². The minimum atomic E-state index is -2.34. The summed E-state index contributed by atoms with van der Waals surface area (Å²) in [5.74, 6) is 0.985. The number of halogens is 2. The maximum absolute atomic E-state index is 7.01. The van der Waals surface area contributed by atoms with Crippen LogP contribution in [0.25, 0.3) is 0 Å². The van der Waals surface area contributed by atoms with Crippen molar-refractivity contribution in [3.63, 3.8) is 0 Å². The van der Waals surface area contributed by atoms with E-state index in [1.54, 1.807) is 0 Å². The molecule has 0 N–H and O–H groups in total. The molecule has 3 aromatic rings. The van der Waals surface area contributed by atoms with E-state index in [0.717, 1.165) is 12.2 Å². The molecule has 4 heteroatoms. The minimum absolute atomic E-state index is 0. The van der Waals surface area contributed by atoms with E-state index in [2.05, 4.69) is 125 Å². The molecule has 1 nitrogen and oxygen atoms in total. The Labute approximate surface area is 217 Å². The first-order chi connectivity index (χ1) is 14.9. The van der Waals surface area contributed by atoms with Crippen molar-refractivity contribution < 1.29 is 21.1 Å². The molecule has 0 atom stereocenters. The Kier molecular flexibility index (Phi) is 9.94. The van der Waals surface area contributed by atoms with Gasteiger partial charge in [-0.2, -0.15) is 0 Å². The van der Waals surface area contributed by atoms with Crippen molar-refractivity contribution in [2.45, 2.75) is 39.5 Å². The van der Waals surface area contributed by atoms with Gasteiger partial charge in [-0.25, -0.2) is 0 Å². The van der Waals surface area contributed by atoms with Gasteiger partial charge in [0.1, 0.15) is 0 Å².